The van der Waals surface area contributed by atoms with Crippen molar-refractivity contribution in [2.75, 3.05) is 13.1 Å². The molecule has 0 aromatic carbocycles. The van der Waals surface area contributed by atoms with Gasteiger partial charge in [-0.05, 0) is 27.7 Å². The normalized spacial score (nSPS) is 12.4. The molecule has 0 amide bonds. The van der Waals surface area contributed by atoms with E-state index in [0.29, 0.717) is 12.1 Å². The molecule has 5 heteroatoms. The van der Waals surface area contributed by atoms with Crippen LogP contribution in [0.15, 0.2) is 17.8 Å². The van der Waals surface area contributed by atoms with Crippen LogP contribution in [0.2, 0.25) is 0 Å². The van der Waals surface area contributed by atoms with Crippen molar-refractivity contribution in [3.05, 3.63) is 23.5 Å². The van der Waals surface area contributed by atoms with Gasteiger partial charge in [0.1, 0.15) is 0 Å². The largest absolute Gasteiger partial charge is 0.310 e. The molecule has 0 bridgehead atoms. The fraction of sp³-hybridized carbons (Fsp3) is 0.643. The van der Waals surface area contributed by atoms with Gasteiger partial charge in [-0.1, -0.05) is 0 Å². The average Bonchev–Trinajstić information content (AvgIpc) is 2.87. The molecular formula is C14H24N4S. The Balaban J connectivity index is 1.76. The second-order valence-corrected chi connectivity index (χ2v) is 6.30. The summed E-state index contributed by atoms with van der Waals surface area (Å²) in [7, 11) is 0. The van der Waals surface area contributed by atoms with Gasteiger partial charge in [-0.15, -0.1) is 11.3 Å². The van der Waals surface area contributed by atoms with Gasteiger partial charge in [0.25, 0.3) is 0 Å². The Hall–Kier alpha value is -0.910. The van der Waals surface area contributed by atoms with Crippen LogP contribution in [0.4, 0.5) is 0 Å². The molecule has 0 radical (unpaired) electrons. The molecule has 106 valence electrons. The van der Waals surface area contributed by atoms with Gasteiger partial charge in [0.05, 0.1) is 5.69 Å². The highest BCUT2D eigenvalue weighted by Crippen LogP contribution is 2.11. The summed E-state index contributed by atoms with van der Waals surface area (Å²) in [6.45, 7) is 11.9. The maximum atomic E-state index is 4.56. The monoisotopic (exact) mass is 280 g/mol. The Morgan fingerprint density at radius 3 is 2.68 bits per heavy atom. The Labute approximate surface area is 119 Å². The molecule has 0 unspecified atom stereocenters. The van der Waals surface area contributed by atoms with Crippen LogP contribution in [0.3, 0.4) is 0 Å². The summed E-state index contributed by atoms with van der Waals surface area (Å²) in [4.78, 5) is 8.14. The van der Waals surface area contributed by atoms with E-state index in [1.54, 1.807) is 11.3 Å². The molecule has 0 aliphatic rings. The van der Waals surface area contributed by atoms with E-state index in [1.165, 1.54) is 0 Å². The lowest BCUT2D eigenvalue weighted by atomic mass is 10.2. The lowest BCUT2D eigenvalue weighted by Crippen LogP contribution is -2.41. The maximum Gasteiger partial charge on any atom is 0.193 e. The van der Waals surface area contributed by atoms with Crippen molar-refractivity contribution in [1.29, 1.82) is 0 Å². The van der Waals surface area contributed by atoms with Crippen LogP contribution in [0, 0.1) is 0 Å². The number of imidazole rings is 1. The van der Waals surface area contributed by atoms with E-state index in [1.807, 2.05) is 0 Å². The van der Waals surface area contributed by atoms with Crippen molar-refractivity contribution >= 4 is 16.3 Å². The lowest BCUT2D eigenvalue weighted by Gasteiger charge is -2.30. The Morgan fingerprint density at radius 2 is 2.05 bits per heavy atom. The van der Waals surface area contributed by atoms with Crippen LogP contribution >= 0.6 is 11.3 Å². The predicted octanol–water partition coefficient (Wildman–Crippen LogP) is 2.60. The smallest absolute Gasteiger partial charge is 0.193 e. The zero-order chi connectivity index (χ0) is 13.8. The van der Waals surface area contributed by atoms with Gasteiger partial charge in [0.2, 0.25) is 0 Å². The summed E-state index contributed by atoms with van der Waals surface area (Å²) in [5.74, 6) is 0. The standard InChI is InChI=1S/C14H24N4S/c1-11(2)18(12(3)4)6-5-15-9-13-10-17-7-8-19-14(17)16-13/h7-8,10-12,15H,5-6,9H2,1-4H3. The summed E-state index contributed by atoms with van der Waals surface area (Å²) in [6.07, 6.45) is 4.15. The summed E-state index contributed by atoms with van der Waals surface area (Å²) < 4.78 is 2.08. The summed E-state index contributed by atoms with van der Waals surface area (Å²) >= 11 is 1.68. The van der Waals surface area contributed by atoms with E-state index in [9.17, 15) is 0 Å². The van der Waals surface area contributed by atoms with E-state index in [-0.39, 0.29) is 0 Å². The fourth-order valence-corrected chi connectivity index (χ4v) is 3.12. The highest BCUT2D eigenvalue weighted by atomic mass is 32.1. The average molecular weight is 280 g/mol. The summed E-state index contributed by atoms with van der Waals surface area (Å²) in [6, 6.07) is 1.19. The van der Waals surface area contributed by atoms with E-state index < -0.39 is 0 Å². The first-order valence-corrected chi connectivity index (χ1v) is 7.83. The molecule has 0 saturated carbocycles. The van der Waals surface area contributed by atoms with Crippen molar-refractivity contribution in [2.24, 2.45) is 0 Å². The van der Waals surface area contributed by atoms with Crippen molar-refractivity contribution < 1.29 is 0 Å². The lowest BCUT2D eigenvalue weighted by molar-refractivity contribution is 0.175. The number of hydrogen-bond acceptors (Lipinski definition) is 4. The highest BCUT2D eigenvalue weighted by molar-refractivity contribution is 7.15. The van der Waals surface area contributed by atoms with E-state index in [4.69, 9.17) is 0 Å². The number of hydrogen-bond donors (Lipinski definition) is 1. The minimum absolute atomic E-state index is 0.597. The van der Waals surface area contributed by atoms with Gasteiger partial charge < -0.3 is 5.32 Å². The molecule has 2 rings (SSSR count). The Bertz CT molecular complexity index is 464. The minimum atomic E-state index is 0.597. The summed E-state index contributed by atoms with van der Waals surface area (Å²) in [5, 5.41) is 5.54. The predicted molar refractivity (Wildman–Crippen MR) is 81.8 cm³/mol. The zero-order valence-electron chi connectivity index (χ0n) is 12.3. The molecule has 2 aromatic rings. The third kappa shape index (κ3) is 3.78. The quantitative estimate of drug-likeness (QED) is 0.791. The molecule has 19 heavy (non-hydrogen) atoms. The molecule has 4 nitrogen and oxygen atoms in total. The third-order valence-electron chi connectivity index (χ3n) is 3.32. The molecular weight excluding hydrogens is 256 g/mol. The zero-order valence-corrected chi connectivity index (χ0v) is 13.1. The molecule has 0 atom stereocenters. The molecule has 0 aliphatic heterocycles. The molecule has 0 fully saturated rings. The van der Waals surface area contributed by atoms with Gasteiger partial charge in [-0.3, -0.25) is 9.30 Å². The Morgan fingerprint density at radius 1 is 1.32 bits per heavy atom. The van der Waals surface area contributed by atoms with Crippen LogP contribution < -0.4 is 5.32 Å². The summed E-state index contributed by atoms with van der Waals surface area (Å²) in [5.41, 5.74) is 1.12. The first kappa shape index (κ1) is 14.5. The van der Waals surface area contributed by atoms with E-state index in [0.717, 1.165) is 30.3 Å². The van der Waals surface area contributed by atoms with Gasteiger partial charge in [-0.25, -0.2) is 4.98 Å². The maximum absolute atomic E-state index is 4.56. The number of fused-ring (bicyclic) bond motifs is 1. The van der Waals surface area contributed by atoms with Gasteiger partial charge in [0.15, 0.2) is 4.96 Å². The SMILES string of the molecule is CC(C)N(CCNCc1cn2ccsc2n1)C(C)C. The minimum Gasteiger partial charge on any atom is -0.310 e. The van der Waals surface area contributed by atoms with Gasteiger partial charge in [0, 0.05) is 49.5 Å². The second kappa shape index (κ2) is 6.50. The fourth-order valence-electron chi connectivity index (χ4n) is 2.40. The number of thiazole rings is 1. The third-order valence-corrected chi connectivity index (χ3v) is 4.09. The van der Waals surface area contributed by atoms with Crippen LogP contribution in [0.5, 0.6) is 0 Å². The molecule has 0 saturated heterocycles. The number of aromatic nitrogens is 2. The number of nitrogens with one attached hydrogen (secondary N) is 1. The molecule has 0 aliphatic carbocycles. The van der Waals surface area contributed by atoms with E-state index in [2.05, 4.69) is 65.1 Å². The molecule has 0 spiro atoms. The highest BCUT2D eigenvalue weighted by Gasteiger charge is 2.12. The first-order valence-electron chi connectivity index (χ1n) is 6.95. The van der Waals surface area contributed by atoms with Gasteiger partial charge in [-0.2, -0.15) is 0 Å². The number of nitrogens with zero attached hydrogens (tertiary/aromatic N) is 3. The Kier molecular flexibility index (Phi) is 4.96. The van der Waals surface area contributed by atoms with Crippen LogP contribution in [0.1, 0.15) is 33.4 Å². The molecule has 2 aromatic heterocycles. The second-order valence-electron chi connectivity index (χ2n) is 5.43. The first-order chi connectivity index (χ1) is 9.08. The van der Waals surface area contributed by atoms with Crippen LogP contribution in [-0.2, 0) is 6.54 Å². The van der Waals surface area contributed by atoms with Crippen molar-refractivity contribution in [1.82, 2.24) is 19.6 Å². The molecule has 1 N–H and O–H groups in total. The van der Waals surface area contributed by atoms with E-state index >= 15 is 0 Å². The number of rotatable bonds is 7. The van der Waals surface area contributed by atoms with Crippen molar-refractivity contribution in [2.45, 2.75) is 46.3 Å². The van der Waals surface area contributed by atoms with Crippen molar-refractivity contribution in [3.63, 3.8) is 0 Å². The topological polar surface area (TPSA) is 32.6 Å². The van der Waals surface area contributed by atoms with Crippen LogP contribution in [-0.4, -0.2) is 39.5 Å². The van der Waals surface area contributed by atoms with Crippen molar-refractivity contribution in [3.8, 4) is 0 Å². The van der Waals surface area contributed by atoms with Crippen LogP contribution in [0.25, 0.3) is 4.96 Å². The molecule has 2 heterocycles. The van der Waals surface area contributed by atoms with Gasteiger partial charge >= 0.3 is 0 Å².